The fourth-order valence-electron chi connectivity index (χ4n) is 1.78. The maximum Gasteiger partial charge on any atom is 0.150 e. The summed E-state index contributed by atoms with van der Waals surface area (Å²) in [5.41, 5.74) is 2.99. The van der Waals surface area contributed by atoms with Gasteiger partial charge >= 0.3 is 0 Å². The molecule has 0 saturated carbocycles. The predicted octanol–water partition coefficient (Wildman–Crippen LogP) is 2.52. The summed E-state index contributed by atoms with van der Waals surface area (Å²) in [6, 6.07) is 5.74. The SMILES string of the molecule is C=CCN1CC=Cc2ccc(C=O)cc21. The van der Waals surface area contributed by atoms with E-state index in [4.69, 9.17) is 0 Å². The second kappa shape index (κ2) is 4.13. The smallest absolute Gasteiger partial charge is 0.150 e. The Hall–Kier alpha value is -1.83. The van der Waals surface area contributed by atoms with Crippen molar-refractivity contribution in [2.24, 2.45) is 0 Å². The predicted molar refractivity (Wildman–Crippen MR) is 63.3 cm³/mol. The minimum Gasteiger partial charge on any atom is -0.364 e. The van der Waals surface area contributed by atoms with Gasteiger partial charge in [0, 0.05) is 24.3 Å². The minimum atomic E-state index is 0.720. The van der Waals surface area contributed by atoms with Crippen molar-refractivity contribution in [2.75, 3.05) is 18.0 Å². The van der Waals surface area contributed by atoms with Crippen molar-refractivity contribution in [3.05, 3.63) is 48.1 Å². The molecule has 0 bridgehead atoms. The van der Waals surface area contributed by atoms with E-state index in [0.29, 0.717) is 0 Å². The van der Waals surface area contributed by atoms with E-state index in [1.807, 2.05) is 24.3 Å². The molecule has 1 aromatic carbocycles. The van der Waals surface area contributed by atoms with Gasteiger partial charge in [-0.1, -0.05) is 30.4 Å². The number of carbonyl (C=O) groups excluding carboxylic acids is 1. The van der Waals surface area contributed by atoms with Gasteiger partial charge in [-0.05, 0) is 11.6 Å². The summed E-state index contributed by atoms with van der Waals surface area (Å²) in [5.74, 6) is 0. The summed E-state index contributed by atoms with van der Waals surface area (Å²) >= 11 is 0. The van der Waals surface area contributed by atoms with Crippen LogP contribution in [-0.2, 0) is 0 Å². The highest BCUT2D eigenvalue weighted by Crippen LogP contribution is 2.26. The quantitative estimate of drug-likeness (QED) is 0.550. The molecule has 15 heavy (non-hydrogen) atoms. The number of nitrogens with zero attached hydrogens (tertiary/aromatic N) is 1. The van der Waals surface area contributed by atoms with Crippen LogP contribution in [0.1, 0.15) is 15.9 Å². The third-order valence-electron chi connectivity index (χ3n) is 2.50. The highest BCUT2D eigenvalue weighted by molar-refractivity contribution is 5.81. The molecule has 0 amide bonds. The maximum absolute atomic E-state index is 10.7. The summed E-state index contributed by atoms with van der Waals surface area (Å²) in [4.78, 5) is 12.9. The zero-order chi connectivity index (χ0) is 10.7. The van der Waals surface area contributed by atoms with Gasteiger partial charge in [0.2, 0.25) is 0 Å². The van der Waals surface area contributed by atoms with Crippen molar-refractivity contribution in [1.29, 1.82) is 0 Å². The molecule has 2 heteroatoms. The van der Waals surface area contributed by atoms with Gasteiger partial charge in [-0.3, -0.25) is 4.79 Å². The Labute approximate surface area is 89.5 Å². The third-order valence-corrected chi connectivity index (χ3v) is 2.50. The molecule has 0 N–H and O–H groups in total. The lowest BCUT2D eigenvalue weighted by molar-refractivity contribution is 0.112. The van der Waals surface area contributed by atoms with Gasteiger partial charge in [-0.2, -0.15) is 0 Å². The third kappa shape index (κ3) is 1.84. The molecule has 1 aromatic rings. The van der Waals surface area contributed by atoms with Crippen LogP contribution in [-0.4, -0.2) is 19.4 Å². The molecule has 1 aliphatic rings. The van der Waals surface area contributed by atoms with E-state index in [2.05, 4.69) is 23.6 Å². The first-order valence-electron chi connectivity index (χ1n) is 4.97. The summed E-state index contributed by atoms with van der Waals surface area (Å²) in [7, 11) is 0. The standard InChI is InChI=1S/C13H13NO/c1-2-7-14-8-3-4-12-6-5-11(10-15)9-13(12)14/h2-6,9-10H,1,7-8H2. The highest BCUT2D eigenvalue weighted by atomic mass is 16.1. The number of aldehydes is 1. The van der Waals surface area contributed by atoms with Crippen LogP contribution in [0.3, 0.4) is 0 Å². The molecule has 0 aromatic heterocycles. The van der Waals surface area contributed by atoms with Gasteiger partial charge in [-0.15, -0.1) is 6.58 Å². The number of carbonyl (C=O) groups is 1. The van der Waals surface area contributed by atoms with E-state index in [0.717, 1.165) is 36.2 Å². The van der Waals surface area contributed by atoms with Crippen LogP contribution in [0.25, 0.3) is 6.08 Å². The lowest BCUT2D eigenvalue weighted by Gasteiger charge is -2.27. The van der Waals surface area contributed by atoms with E-state index >= 15 is 0 Å². The van der Waals surface area contributed by atoms with Crippen molar-refractivity contribution in [2.45, 2.75) is 0 Å². The van der Waals surface area contributed by atoms with Gasteiger partial charge in [0.05, 0.1) is 0 Å². The highest BCUT2D eigenvalue weighted by Gasteiger charge is 2.11. The number of rotatable bonds is 3. The zero-order valence-corrected chi connectivity index (χ0v) is 8.52. The Bertz CT molecular complexity index is 421. The summed E-state index contributed by atoms with van der Waals surface area (Å²) in [6.07, 6.45) is 6.96. The minimum absolute atomic E-state index is 0.720. The maximum atomic E-state index is 10.7. The topological polar surface area (TPSA) is 20.3 Å². The fourth-order valence-corrected chi connectivity index (χ4v) is 1.78. The van der Waals surface area contributed by atoms with Gasteiger partial charge in [0.25, 0.3) is 0 Å². The zero-order valence-electron chi connectivity index (χ0n) is 8.52. The van der Waals surface area contributed by atoms with Crippen LogP contribution in [0.15, 0.2) is 36.9 Å². The van der Waals surface area contributed by atoms with E-state index in [1.165, 1.54) is 0 Å². The molecule has 2 rings (SSSR count). The van der Waals surface area contributed by atoms with Crippen LogP contribution in [0.2, 0.25) is 0 Å². The van der Waals surface area contributed by atoms with Gasteiger partial charge < -0.3 is 4.90 Å². The number of fused-ring (bicyclic) bond motifs is 1. The van der Waals surface area contributed by atoms with Gasteiger partial charge in [0.1, 0.15) is 6.29 Å². The van der Waals surface area contributed by atoms with Gasteiger partial charge in [0.15, 0.2) is 0 Å². The number of benzene rings is 1. The van der Waals surface area contributed by atoms with Gasteiger partial charge in [-0.25, -0.2) is 0 Å². The first-order chi connectivity index (χ1) is 7.35. The lowest BCUT2D eigenvalue weighted by Crippen LogP contribution is -2.25. The molecular weight excluding hydrogens is 186 g/mol. The number of anilines is 1. The summed E-state index contributed by atoms with van der Waals surface area (Å²) < 4.78 is 0. The molecule has 0 unspecified atom stereocenters. The molecule has 0 fully saturated rings. The molecule has 76 valence electrons. The van der Waals surface area contributed by atoms with Crippen LogP contribution in [0, 0.1) is 0 Å². The molecule has 2 nitrogen and oxygen atoms in total. The van der Waals surface area contributed by atoms with Crippen LogP contribution < -0.4 is 4.90 Å². The first-order valence-corrected chi connectivity index (χ1v) is 4.97. The van der Waals surface area contributed by atoms with Crippen molar-refractivity contribution >= 4 is 18.0 Å². The average molecular weight is 199 g/mol. The van der Waals surface area contributed by atoms with Crippen molar-refractivity contribution in [1.82, 2.24) is 0 Å². The molecule has 0 aliphatic carbocycles. The Morgan fingerprint density at radius 2 is 2.33 bits per heavy atom. The van der Waals surface area contributed by atoms with E-state index in [-0.39, 0.29) is 0 Å². The Kier molecular flexibility index (Phi) is 2.68. The van der Waals surface area contributed by atoms with Crippen molar-refractivity contribution in [3.63, 3.8) is 0 Å². The second-order valence-corrected chi connectivity index (χ2v) is 3.53. The molecule has 0 radical (unpaired) electrons. The molecule has 1 heterocycles. The molecule has 0 atom stereocenters. The first kappa shape index (κ1) is 9.71. The molecule has 0 spiro atoms. The summed E-state index contributed by atoms with van der Waals surface area (Å²) in [5, 5.41) is 0. The normalized spacial score (nSPS) is 13.5. The molecule has 0 saturated heterocycles. The Morgan fingerprint density at radius 3 is 3.07 bits per heavy atom. The van der Waals surface area contributed by atoms with Crippen molar-refractivity contribution in [3.8, 4) is 0 Å². The summed E-state index contributed by atoms with van der Waals surface area (Å²) in [6.45, 7) is 5.42. The van der Waals surface area contributed by atoms with Crippen LogP contribution in [0.5, 0.6) is 0 Å². The average Bonchev–Trinajstić information content (AvgIpc) is 2.29. The Morgan fingerprint density at radius 1 is 1.47 bits per heavy atom. The van der Waals surface area contributed by atoms with E-state index in [9.17, 15) is 4.79 Å². The van der Waals surface area contributed by atoms with Crippen LogP contribution >= 0.6 is 0 Å². The lowest BCUT2D eigenvalue weighted by atomic mass is 10.1. The fraction of sp³-hybridized carbons (Fsp3) is 0.154. The van der Waals surface area contributed by atoms with Crippen LogP contribution in [0.4, 0.5) is 5.69 Å². The van der Waals surface area contributed by atoms with E-state index in [1.54, 1.807) is 0 Å². The number of hydrogen-bond acceptors (Lipinski definition) is 2. The molecular formula is C13H13NO. The number of hydrogen-bond donors (Lipinski definition) is 0. The van der Waals surface area contributed by atoms with E-state index < -0.39 is 0 Å². The molecule has 1 aliphatic heterocycles. The Balaban J connectivity index is 2.43. The van der Waals surface area contributed by atoms with Crippen molar-refractivity contribution < 1.29 is 4.79 Å². The largest absolute Gasteiger partial charge is 0.364 e. The monoisotopic (exact) mass is 199 g/mol. The second-order valence-electron chi connectivity index (χ2n) is 3.53.